The van der Waals surface area contributed by atoms with E-state index in [-0.39, 0.29) is 16.5 Å². The van der Waals surface area contributed by atoms with E-state index in [1.807, 2.05) is 38.1 Å². The summed E-state index contributed by atoms with van der Waals surface area (Å²) in [4.78, 5) is 28.5. The molecule has 2 heterocycles. The third kappa shape index (κ3) is 6.34. The highest BCUT2D eigenvalue weighted by Crippen LogP contribution is 2.46. The Morgan fingerprint density at radius 1 is 1.00 bits per heavy atom. The number of anilines is 1. The van der Waals surface area contributed by atoms with Crippen molar-refractivity contribution in [1.82, 2.24) is 10.2 Å². The largest absolute Gasteiger partial charge is 0.507 e. The fourth-order valence-corrected chi connectivity index (χ4v) is 6.75. The van der Waals surface area contributed by atoms with Gasteiger partial charge in [0, 0.05) is 16.3 Å². The van der Waals surface area contributed by atoms with Crippen molar-refractivity contribution in [3.8, 4) is 17.2 Å². The number of ether oxygens (including phenoxy) is 3. The zero-order chi connectivity index (χ0) is 30.5. The molecular formula is C31H28ClN3O6S2. The summed E-state index contributed by atoms with van der Waals surface area (Å²) in [5.41, 5.74) is 1.74. The molecule has 0 spiro atoms. The predicted octanol–water partition coefficient (Wildman–Crippen LogP) is 6.92. The van der Waals surface area contributed by atoms with Gasteiger partial charge in [-0.25, -0.2) is 0 Å². The summed E-state index contributed by atoms with van der Waals surface area (Å²) in [6, 6.07) is 18.3. The number of carbonyl (C=O) groups excluding carboxylic acids is 2. The summed E-state index contributed by atoms with van der Waals surface area (Å²) in [7, 11) is 1.53. The van der Waals surface area contributed by atoms with Crippen molar-refractivity contribution < 1.29 is 28.9 Å². The quantitative estimate of drug-likeness (QED) is 0.0616. The molecule has 1 aliphatic heterocycles. The maximum absolute atomic E-state index is 13.6. The average Bonchev–Trinajstić information content (AvgIpc) is 3.59. The van der Waals surface area contributed by atoms with Crippen LogP contribution in [0.3, 0.4) is 0 Å². The van der Waals surface area contributed by atoms with Crippen molar-refractivity contribution in [2.45, 2.75) is 30.0 Å². The molecule has 222 valence electrons. The smallest absolute Gasteiger partial charge is 0.301 e. The van der Waals surface area contributed by atoms with Crippen LogP contribution in [0.1, 0.15) is 36.6 Å². The molecule has 1 N–H and O–H groups in total. The molecule has 0 aliphatic carbocycles. The maximum atomic E-state index is 13.6. The van der Waals surface area contributed by atoms with Crippen molar-refractivity contribution in [2.75, 3.05) is 25.2 Å². The van der Waals surface area contributed by atoms with E-state index < -0.39 is 17.7 Å². The number of rotatable bonds is 11. The Morgan fingerprint density at radius 3 is 2.42 bits per heavy atom. The van der Waals surface area contributed by atoms with Gasteiger partial charge in [-0.15, -0.1) is 10.2 Å². The summed E-state index contributed by atoms with van der Waals surface area (Å²) >= 11 is 8.90. The molecule has 0 bridgehead atoms. The Bertz CT molecular complexity index is 1670. The molecule has 1 unspecified atom stereocenters. The zero-order valence-corrected chi connectivity index (χ0v) is 26.0. The number of methoxy groups -OCH3 is 1. The van der Waals surface area contributed by atoms with Gasteiger partial charge in [0.15, 0.2) is 15.8 Å². The van der Waals surface area contributed by atoms with Crippen molar-refractivity contribution in [2.24, 2.45) is 0 Å². The minimum Gasteiger partial charge on any atom is -0.507 e. The first-order chi connectivity index (χ1) is 20.9. The highest BCUT2D eigenvalue weighted by molar-refractivity contribution is 8.00. The first-order valence-electron chi connectivity index (χ1n) is 13.4. The van der Waals surface area contributed by atoms with Gasteiger partial charge in [0.2, 0.25) is 5.13 Å². The van der Waals surface area contributed by atoms with Crippen LogP contribution in [0.5, 0.6) is 17.2 Å². The standard InChI is InChI=1S/C31H28ClN3O6S2/c1-4-40-23-15-12-19(16-24(23)41-5-2)26-25(27(36)18-10-13-21(39-3)14-11-18)28(37)29(38)35(26)30-33-34-31(43-30)42-17-20-8-6-7-9-22(20)32/h6-16,26,36H,4-5,17H2,1-3H3/b27-25+. The predicted molar refractivity (Wildman–Crippen MR) is 167 cm³/mol. The van der Waals surface area contributed by atoms with Crippen LogP contribution in [0.15, 0.2) is 76.6 Å². The normalized spacial score (nSPS) is 16.0. The number of Topliss-reactive ketones (excluding diaryl/α,β-unsaturated/α-hetero) is 1. The molecule has 1 saturated heterocycles. The fourth-order valence-electron chi connectivity index (χ4n) is 4.60. The molecule has 1 aliphatic rings. The number of hydrogen-bond acceptors (Lipinski definition) is 10. The molecule has 12 heteroatoms. The van der Waals surface area contributed by atoms with E-state index in [0.29, 0.717) is 56.7 Å². The van der Waals surface area contributed by atoms with Crippen LogP contribution in [0.4, 0.5) is 5.13 Å². The first-order valence-corrected chi connectivity index (χ1v) is 15.6. The number of thioether (sulfide) groups is 1. The van der Waals surface area contributed by atoms with Gasteiger partial charge >= 0.3 is 5.91 Å². The fraction of sp³-hybridized carbons (Fsp3) is 0.226. The number of aliphatic hydroxyl groups is 1. The zero-order valence-electron chi connectivity index (χ0n) is 23.6. The van der Waals surface area contributed by atoms with Crippen molar-refractivity contribution in [3.63, 3.8) is 0 Å². The van der Waals surface area contributed by atoms with E-state index in [0.717, 1.165) is 5.56 Å². The number of aliphatic hydroxyl groups excluding tert-OH is 1. The molecule has 1 atom stereocenters. The molecule has 3 aromatic carbocycles. The van der Waals surface area contributed by atoms with Crippen LogP contribution in [0.25, 0.3) is 5.76 Å². The van der Waals surface area contributed by atoms with Crippen LogP contribution in [-0.2, 0) is 15.3 Å². The Balaban J connectivity index is 1.59. The lowest BCUT2D eigenvalue weighted by atomic mass is 9.95. The van der Waals surface area contributed by atoms with Crippen LogP contribution in [0, 0.1) is 0 Å². The summed E-state index contributed by atoms with van der Waals surface area (Å²) in [5.74, 6) is 0.107. The van der Waals surface area contributed by atoms with Crippen LogP contribution in [0.2, 0.25) is 5.02 Å². The Labute approximate surface area is 262 Å². The highest BCUT2D eigenvalue weighted by Gasteiger charge is 2.48. The van der Waals surface area contributed by atoms with E-state index in [9.17, 15) is 14.7 Å². The monoisotopic (exact) mass is 637 g/mol. The number of benzene rings is 3. The van der Waals surface area contributed by atoms with E-state index in [1.165, 1.54) is 35.1 Å². The van der Waals surface area contributed by atoms with E-state index in [1.54, 1.807) is 42.5 Å². The Kier molecular flexibility index (Phi) is 9.54. The van der Waals surface area contributed by atoms with E-state index in [2.05, 4.69) is 10.2 Å². The van der Waals surface area contributed by atoms with Crippen LogP contribution in [-0.4, -0.2) is 47.3 Å². The molecule has 5 rings (SSSR count). The van der Waals surface area contributed by atoms with Crippen LogP contribution < -0.4 is 19.1 Å². The molecule has 4 aromatic rings. The van der Waals surface area contributed by atoms with E-state index in [4.69, 9.17) is 25.8 Å². The van der Waals surface area contributed by atoms with Gasteiger partial charge < -0.3 is 19.3 Å². The third-order valence-corrected chi connectivity index (χ3v) is 9.08. The molecule has 1 aromatic heterocycles. The molecule has 1 fully saturated rings. The molecule has 1 amide bonds. The number of carbonyl (C=O) groups is 2. The molecule has 9 nitrogen and oxygen atoms in total. The summed E-state index contributed by atoms with van der Waals surface area (Å²) in [6.45, 7) is 4.51. The molecule has 0 radical (unpaired) electrons. The minimum atomic E-state index is -1.01. The Hall–Kier alpha value is -4.06. The molecule has 43 heavy (non-hydrogen) atoms. The number of aromatic nitrogens is 2. The number of amides is 1. The van der Waals surface area contributed by atoms with Crippen molar-refractivity contribution in [3.05, 3.63) is 94.0 Å². The SMILES string of the molecule is CCOc1ccc(C2/C(=C(\O)c3ccc(OC)cc3)C(=O)C(=O)N2c2nnc(SCc3ccccc3Cl)s2)cc1OCC. The van der Waals surface area contributed by atoms with Crippen molar-refractivity contribution >= 4 is 57.3 Å². The van der Waals surface area contributed by atoms with Crippen LogP contribution >= 0.6 is 34.7 Å². The number of halogens is 1. The minimum absolute atomic E-state index is 0.0813. The topological polar surface area (TPSA) is 111 Å². The Morgan fingerprint density at radius 2 is 1.72 bits per heavy atom. The van der Waals surface area contributed by atoms with Crippen molar-refractivity contribution in [1.29, 1.82) is 0 Å². The highest BCUT2D eigenvalue weighted by atomic mass is 35.5. The number of nitrogens with zero attached hydrogens (tertiary/aromatic N) is 3. The lowest BCUT2D eigenvalue weighted by Gasteiger charge is -2.23. The maximum Gasteiger partial charge on any atom is 0.301 e. The van der Waals surface area contributed by atoms with Gasteiger partial charge in [-0.1, -0.05) is 59.0 Å². The van der Waals surface area contributed by atoms with Gasteiger partial charge in [0.1, 0.15) is 11.5 Å². The second kappa shape index (κ2) is 13.5. The summed E-state index contributed by atoms with van der Waals surface area (Å²) < 4.78 is 17.4. The van der Waals surface area contributed by atoms with Gasteiger partial charge in [0.25, 0.3) is 5.78 Å². The third-order valence-electron chi connectivity index (χ3n) is 6.60. The van der Waals surface area contributed by atoms with E-state index >= 15 is 0 Å². The summed E-state index contributed by atoms with van der Waals surface area (Å²) in [6.07, 6.45) is 0. The molecular weight excluding hydrogens is 610 g/mol. The summed E-state index contributed by atoms with van der Waals surface area (Å²) in [5, 5.41) is 20.9. The van der Waals surface area contributed by atoms with Gasteiger partial charge in [-0.05, 0) is 67.4 Å². The van der Waals surface area contributed by atoms with Gasteiger partial charge in [-0.3, -0.25) is 14.5 Å². The second-order valence-electron chi connectivity index (χ2n) is 9.20. The van der Waals surface area contributed by atoms with Gasteiger partial charge in [-0.2, -0.15) is 0 Å². The second-order valence-corrected chi connectivity index (χ2v) is 11.8. The lowest BCUT2D eigenvalue weighted by molar-refractivity contribution is -0.132. The number of hydrogen-bond donors (Lipinski definition) is 1. The molecule has 0 saturated carbocycles. The average molecular weight is 638 g/mol. The van der Waals surface area contributed by atoms with Gasteiger partial charge in [0.05, 0.1) is 31.9 Å². The lowest BCUT2D eigenvalue weighted by Crippen LogP contribution is -2.29. The number of ketones is 1. The first kappa shape index (κ1) is 30.4.